The van der Waals surface area contributed by atoms with Crippen molar-refractivity contribution in [3.8, 4) is 5.75 Å². The molecule has 30 heavy (non-hydrogen) atoms. The summed E-state index contributed by atoms with van der Waals surface area (Å²) in [4.78, 5) is 12.2. The van der Waals surface area contributed by atoms with Crippen LogP contribution in [0.1, 0.15) is 24.2 Å². The van der Waals surface area contributed by atoms with Crippen LogP contribution in [0.2, 0.25) is 0 Å². The first-order valence-corrected chi connectivity index (χ1v) is 11.0. The van der Waals surface area contributed by atoms with E-state index in [1.807, 2.05) is 31.2 Å². The molecule has 2 aromatic carbocycles. The average Bonchev–Trinajstić information content (AvgIpc) is 3.24. The van der Waals surface area contributed by atoms with E-state index in [0.29, 0.717) is 24.5 Å². The molecule has 0 fully saturated rings. The maximum absolute atomic E-state index is 12.5. The lowest BCUT2D eigenvalue weighted by molar-refractivity contribution is -0.116. The van der Waals surface area contributed by atoms with Crippen LogP contribution in [0, 0.1) is 6.92 Å². The molecule has 3 aromatic rings. The number of amides is 1. The van der Waals surface area contributed by atoms with Crippen LogP contribution in [0.4, 0.5) is 5.69 Å². The van der Waals surface area contributed by atoms with E-state index in [2.05, 4.69) is 10.0 Å². The van der Waals surface area contributed by atoms with E-state index in [1.165, 1.54) is 18.4 Å². The SMILES string of the molecule is Cc1cccc(OCCCC(=O)Nc2cccc(S(=O)(=O)NCc3ccco3)c2)c1. The smallest absolute Gasteiger partial charge is 0.241 e. The molecule has 158 valence electrons. The molecule has 0 radical (unpaired) electrons. The molecule has 0 unspecified atom stereocenters. The van der Waals surface area contributed by atoms with Gasteiger partial charge in [0, 0.05) is 12.1 Å². The van der Waals surface area contributed by atoms with E-state index >= 15 is 0 Å². The lowest BCUT2D eigenvalue weighted by Gasteiger charge is -2.10. The lowest BCUT2D eigenvalue weighted by Crippen LogP contribution is -2.23. The summed E-state index contributed by atoms with van der Waals surface area (Å²) >= 11 is 0. The molecular weight excluding hydrogens is 404 g/mol. The highest BCUT2D eigenvalue weighted by atomic mass is 32.2. The molecule has 0 aliphatic rings. The fourth-order valence-corrected chi connectivity index (χ4v) is 3.79. The van der Waals surface area contributed by atoms with Crippen molar-refractivity contribution in [3.05, 3.63) is 78.3 Å². The van der Waals surface area contributed by atoms with Crippen LogP contribution in [-0.2, 0) is 21.4 Å². The lowest BCUT2D eigenvalue weighted by atomic mass is 10.2. The van der Waals surface area contributed by atoms with Crippen LogP contribution < -0.4 is 14.8 Å². The van der Waals surface area contributed by atoms with Crippen LogP contribution in [0.5, 0.6) is 5.75 Å². The van der Waals surface area contributed by atoms with Gasteiger partial charge in [0.05, 0.1) is 24.3 Å². The van der Waals surface area contributed by atoms with Crippen molar-refractivity contribution in [1.29, 1.82) is 0 Å². The van der Waals surface area contributed by atoms with Crippen molar-refractivity contribution < 1.29 is 22.4 Å². The van der Waals surface area contributed by atoms with Gasteiger partial charge in [-0.05, 0) is 61.4 Å². The summed E-state index contributed by atoms with van der Waals surface area (Å²) < 4.78 is 38.1. The van der Waals surface area contributed by atoms with Crippen molar-refractivity contribution in [2.75, 3.05) is 11.9 Å². The van der Waals surface area contributed by atoms with Crippen LogP contribution in [-0.4, -0.2) is 20.9 Å². The normalized spacial score (nSPS) is 11.2. The number of benzene rings is 2. The number of rotatable bonds is 10. The quantitative estimate of drug-likeness (QED) is 0.478. The molecule has 0 aliphatic carbocycles. The van der Waals surface area contributed by atoms with Gasteiger partial charge >= 0.3 is 0 Å². The summed E-state index contributed by atoms with van der Waals surface area (Å²) in [5.41, 5.74) is 1.53. The van der Waals surface area contributed by atoms with Gasteiger partial charge in [-0.2, -0.15) is 0 Å². The predicted octanol–water partition coefficient (Wildman–Crippen LogP) is 3.86. The second-order valence-electron chi connectivity index (χ2n) is 6.75. The minimum absolute atomic E-state index is 0.0485. The second-order valence-corrected chi connectivity index (χ2v) is 8.52. The van der Waals surface area contributed by atoms with E-state index in [1.54, 1.807) is 24.3 Å². The Labute approximate surface area is 176 Å². The third-order valence-electron chi connectivity index (χ3n) is 4.25. The highest BCUT2D eigenvalue weighted by Gasteiger charge is 2.15. The molecule has 2 N–H and O–H groups in total. The maximum Gasteiger partial charge on any atom is 0.241 e. The number of hydrogen-bond acceptors (Lipinski definition) is 5. The van der Waals surface area contributed by atoms with Gasteiger partial charge in [0.1, 0.15) is 11.5 Å². The molecule has 0 saturated heterocycles. The third kappa shape index (κ3) is 6.47. The molecule has 0 aliphatic heterocycles. The molecule has 1 aromatic heterocycles. The Morgan fingerprint density at radius 3 is 2.67 bits per heavy atom. The van der Waals surface area contributed by atoms with Crippen LogP contribution in [0.25, 0.3) is 0 Å². The van der Waals surface area contributed by atoms with Crippen molar-refractivity contribution in [2.45, 2.75) is 31.2 Å². The Balaban J connectivity index is 1.48. The van der Waals surface area contributed by atoms with Gasteiger partial charge < -0.3 is 14.5 Å². The van der Waals surface area contributed by atoms with Crippen LogP contribution in [0.15, 0.2) is 76.2 Å². The van der Waals surface area contributed by atoms with Gasteiger partial charge in [0.15, 0.2) is 0 Å². The molecular formula is C22H24N2O5S. The summed E-state index contributed by atoms with van der Waals surface area (Å²) in [5, 5.41) is 2.73. The molecule has 0 saturated carbocycles. The van der Waals surface area contributed by atoms with Gasteiger partial charge in [0.25, 0.3) is 0 Å². The minimum atomic E-state index is -3.73. The van der Waals surface area contributed by atoms with Crippen molar-refractivity contribution >= 4 is 21.6 Å². The number of nitrogens with one attached hydrogen (secondary N) is 2. The number of furan rings is 1. The first kappa shape index (κ1) is 21.6. The highest BCUT2D eigenvalue weighted by Crippen LogP contribution is 2.17. The molecule has 3 rings (SSSR count). The highest BCUT2D eigenvalue weighted by molar-refractivity contribution is 7.89. The fourth-order valence-electron chi connectivity index (χ4n) is 2.76. The zero-order valence-electron chi connectivity index (χ0n) is 16.6. The topological polar surface area (TPSA) is 97.6 Å². The van der Waals surface area contributed by atoms with E-state index < -0.39 is 10.0 Å². The number of anilines is 1. The minimum Gasteiger partial charge on any atom is -0.494 e. The summed E-state index contributed by atoms with van der Waals surface area (Å²) in [6.45, 7) is 2.45. The Morgan fingerprint density at radius 1 is 1.07 bits per heavy atom. The summed E-state index contributed by atoms with van der Waals surface area (Å²) in [7, 11) is -3.73. The van der Waals surface area contributed by atoms with Gasteiger partial charge in [-0.1, -0.05) is 18.2 Å². The Bertz CT molecular complexity index is 1080. The van der Waals surface area contributed by atoms with Gasteiger partial charge in [-0.15, -0.1) is 0 Å². The number of carbonyl (C=O) groups is 1. The average molecular weight is 429 g/mol. The number of sulfonamides is 1. The van der Waals surface area contributed by atoms with Crippen molar-refractivity contribution in [3.63, 3.8) is 0 Å². The van der Waals surface area contributed by atoms with E-state index in [9.17, 15) is 13.2 Å². The molecule has 8 heteroatoms. The zero-order chi connectivity index (χ0) is 21.4. The molecule has 1 amide bonds. The van der Waals surface area contributed by atoms with E-state index in [4.69, 9.17) is 9.15 Å². The van der Waals surface area contributed by atoms with Crippen molar-refractivity contribution in [1.82, 2.24) is 4.72 Å². The molecule has 0 bridgehead atoms. The molecule has 0 atom stereocenters. The van der Waals surface area contributed by atoms with Gasteiger partial charge in [0.2, 0.25) is 15.9 Å². The first-order valence-electron chi connectivity index (χ1n) is 9.54. The number of hydrogen-bond donors (Lipinski definition) is 2. The molecule has 7 nitrogen and oxygen atoms in total. The number of aryl methyl sites for hydroxylation is 1. The number of ether oxygens (including phenoxy) is 1. The fraction of sp³-hybridized carbons (Fsp3) is 0.227. The molecule has 1 heterocycles. The second kappa shape index (κ2) is 10.1. The summed E-state index contributed by atoms with van der Waals surface area (Å²) in [6.07, 6.45) is 2.29. The van der Waals surface area contributed by atoms with Gasteiger partial charge in [-0.25, -0.2) is 13.1 Å². The van der Waals surface area contributed by atoms with Crippen LogP contribution >= 0.6 is 0 Å². The Kier molecular flexibility index (Phi) is 7.26. The standard InChI is InChI=1S/C22H24N2O5S/c1-17-6-2-8-19(14-17)28-13-5-11-22(25)24-18-7-3-10-21(15-18)30(26,27)23-16-20-9-4-12-29-20/h2-4,6-10,12,14-15,23H,5,11,13,16H2,1H3,(H,24,25). The Morgan fingerprint density at radius 2 is 1.90 bits per heavy atom. The largest absolute Gasteiger partial charge is 0.494 e. The van der Waals surface area contributed by atoms with E-state index in [0.717, 1.165) is 11.3 Å². The number of carbonyl (C=O) groups excluding carboxylic acids is 1. The third-order valence-corrected chi connectivity index (χ3v) is 5.65. The predicted molar refractivity (Wildman–Crippen MR) is 114 cm³/mol. The maximum atomic E-state index is 12.5. The Hall–Kier alpha value is -3.10. The van der Waals surface area contributed by atoms with Crippen molar-refractivity contribution in [2.24, 2.45) is 0 Å². The monoisotopic (exact) mass is 428 g/mol. The van der Waals surface area contributed by atoms with E-state index in [-0.39, 0.29) is 23.8 Å². The summed E-state index contributed by atoms with van der Waals surface area (Å²) in [5.74, 6) is 1.08. The zero-order valence-corrected chi connectivity index (χ0v) is 17.4. The van der Waals surface area contributed by atoms with Crippen LogP contribution in [0.3, 0.4) is 0 Å². The first-order chi connectivity index (χ1) is 14.4. The summed E-state index contributed by atoms with van der Waals surface area (Å²) in [6, 6.07) is 17.2. The van der Waals surface area contributed by atoms with Gasteiger partial charge in [-0.3, -0.25) is 4.79 Å². The molecule has 0 spiro atoms.